The van der Waals surface area contributed by atoms with Gasteiger partial charge in [-0.3, -0.25) is 0 Å². The van der Waals surface area contributed by atoms with Crippen LogP contribution in [-0.2, 0) is 0 Å². The van der Waals surface area contributed by atoms with E-state index < -0.39 is 0 Å². The molecule has 0 aliphatic carbocycles. The average molecular weight is 148 g/mol. The Labute approximate surface area is 67.8 Å². The van der Waals surface area contributed by atoms with Gasteiger partial charge in [0, 0.05) is 12.5 Å². The highest BCUT2D eigenvalue weighted by Gasteiger charge is 2.12. The number of allylic oxidation sites excluding steroid dienone is 2. The fourth-order valence-corrected chi connectivity index (χ4v) is 0.724. The maximum absolute atomic E-state index is 8.32. The normalized spacial score (nSPS) is 10.9. The highest BCUT2D eigenvalue weighted by molar-refractivity contribution is 5.07. The van der Waals surface area contributed by atoms with E-state index in [2.05, 4.69) is 6.07 Å². The lowest BCUT2D eigenvalue weighted by Gasteiger charge is -2.16. The maximum Gasteiger partial charge on any atom is 0.0908 e. The van der Waals surface area contributed by atoms with Crippen molar-refractivity contribution in [2.75, 3.05) is 0 Å². The Bertz CT molecular complexity index is 213. The highest BCUT2D eigenvalue weighted by Crippen LogP contribution is 2.23. The third-order valence-electron chi connectivity index (χ3n) is 1.49. The predicted molar refractivity (Wildman–Crippen MR) is 43.4 cm³/mol. The van der Waals surface area contributed by atoms with Crippen molar-refractivity contribution >= 4 is 0 Å². The molecule has 0 atom stereocenters. The summed E-state index contributed by atoms with van der Waals surface area (Å²) in [5.41, 5.74) is -0.0224. The zero-order valence-corrected chi connectivity index (χ0v) is 6.96. The third kappa shape index (κ3) is 5.18. The minimum Gasteiger partial charge on any atom is -0.198 e. The molecule has 0 saturated carbocycles. The molecule has 0 aromatic rings. The van der Waals surface area contributed by atoms with Crippen LogP contribution in [0.5, 0.6) is 0 Å². The zero-order valence-electron chi connectivity index (χ0n) is 6.96. The predicted octanol–water partition coefficient (Wildman–Crippen LogP) is 2.40. The number of rotatable bonds is 3. The van der Waals surface area contributed by atoms with Crippen LogP contribution in [0.15, 0.2) is 12.2 Å². The van der Waals surface area contributed by atoms with Gasteiger partial charge in [0.05, 0.1) is 12.1 Å². The SMILES string of the molecule is CC(C)(/C=C/C#N)CCC#N. The monoisotopic (exact) mass is 148 g/mol. The van der Waals surface area contributed by atoms with Crippen molar-refractivity contribution in [1.29, 1.82) is 10.5 Å². The molecular weight excluding hydrogens is 136 g/mol. The molecule has 0 radical (unpaired) electrons. The smallest absolute Gasteiger partial charge is 0.0908 e. The van der Waals surface area contributed by atoms with Gasteiger partial charge in [-0.1, -0.05) is 19.9 Å². The Morgan fingerprint density at radius 3 is 2.45 bits per heavy atom. The van der Waals surface area contributed by atoms with E-state index in [9.17, 15) is 0 Å². The van der Waals surface area contributed by atoms with Crippen molar-refractivity contribution in [3.05, 3.63) is 12.2 Å². The van der Waals surface area contributed by atoms with Gasteiger partial charge in [0.25, 0.3) is 0 Å². The first kappa shape index (κ1) is 9.72. The van der Waals surface area contributed by atoms with Crippen LogP contribution in [0.2, 0.25) is 0 Å². The molecule has 0 spiro atoms. The fraction of sp³-hybridized carbons (Fsp3) is 0.556. The van der Waals surface area contributed by atoms with E-state index in [1.165, 1.54) is 6.08 Å². The van der Waals surface area contributed by atoms with Crippen LogP contribution in [0.4, 0.5) is 0 Å². The second kappa shape index (κ2) is 4.52. The zero-order chi connectivity index (χ0) is 8.74. The van der Waals surface area contributed by atoms with Gasteiger partial charge in [0.2, 0.25) is 0 Å². The topological polar surface area (TPSA) is 47.6 Å². The van der Waals surface area contributed by atoms with Gasteiger partial charge in [-0.05, 0) is 11.8 Å². The third-order valence-corrected chi connectivity index (χ3v) is 1.49. The van der Waals surface area contributed by atoms with Crippen molar-refractivity contribution in [2.45, 2.75) is 26.7 Å². The van der Waals surface area contributed by atoms with Crippen LogP contribution < -0.4 is 0 Å². The average Bonchev–Trinajstić information content (AvgIpc) is 1.97. The van der Waals surface area contributed by atoms with Gasteiger partial charge in [-0.25, -0.2) is 0 Å². The lowest BCUT2D eigenvalue weighted by Crippen LogP contribution is -2.05. The Hall–Kier alpha value is -1.28. The van der Waals surface area contributed by atoms with E-state index in [0.29, 0.717) is 6.42 Å². The molecule has 0 amide bonds. The van der Waals surface area contributed by atoms with Crippen molar-refractivity contribution in [1.82, 2.24) is 0 Å². The molecule has 0 heterocycles. The molecule has 0 aliphatic rings. The van der Waals surface area contributed by atoms with Crippen molar-refractivity contribution in [3.8, 4) is 12.1 Å². The molecule has 2 nitrogen and oxygen atoms in total. The summed E-state index contributed by atoms with van der Waals surface area (Å²) in [6.45, 7) is 4.02. The van der Waals surface area contributed by atoms with Crippen LogP contribution in [-0.4, -0.2) is 0 Å². The van der Waals surface area contributed by atoms with E-state index in [1.807, 2.05) is 26.0 Å². The minimum atomic E-state index is -0.0224. The van der Waals surface area contributed by atoms with Gasteiger partial charge in [0.15, 0.2) is 0 Å². The standard InChI is InChI=1S/C9H12N2/c1-9(2,5-3-7-10)6-4-8-11/h3,5H,4,6H2,1-2H3/b5-3+. The largest absolute Gasteiger partial charge is 0.198 e. The molecule has 0 rings (SSSR count). The van der Waals surface area contributed by atoms with Crippen LogP contribution in [0, 0.1) is 28.1 Å². The van der Waals surface area contributed by atoms with Crippen molar-refractivity contribution in [2.24, 2.45) is 5.41 Å². The van der Waals surface area contributed by atoms with Crippen LogP contribution in [0.1, 0.15) is 26.7 Å². The molecule has 11 heavy (non-hydrogen) atoms. The summed E-state index contributed by atoms with van der Waals surface area (Å²) in [6, 6.07) is 4.02. The molecule has 0 fully saturated rings. The van der Waals surface area contributed by atoms with Gasteiger partial charge in [-0.15, -0.1) is 0 Å². The summed E-state index contributed by atoms with van der Waals surface area (Å²) < 4.78 is 0. The van der Waals surface area contributed by atoms with E-state index in [1.54, 1.807) is 0 Å². The Morgan fingerprint density at radius 1 is 1.36 bits per heavy atom. The first-order chi connectivity index (χ1) is 5.12. The Morgan fingerprint density at radius 2 is 2.00 bits per heavy atom. The molecule has 0 aromatic heterocycles. The van der Waals surface area contributed by atoms with E-state index in [0.717, 1.165) is 6.42 Å². The number of nitrogens with zero attached hydrogens (tertiary/aromatic N) is 2. The summed E-state index contributed by atoms with van der Waals surface area (Å²) in [4.78, 5) is 0. The van der Waals surface area contributed by atoms with Crippen LogP contribution in [0.3, 0.4) is 0 Å². The quantitative estimate of drug-likeness (QED) is 0.577. The van der Waals surface area contributed by atoms with Crippen molar-refractivity contribution < 1.29 is 0 Å². The molecule has 0 saturated heterocycles. The molecule has 0 bridgehead atoms. The Balaban J connectivity index is 3.93. The van der Waals surface area contributed by atoms with Crippen LogP contribution in [0.25, 0.3) is 0 Å². The second-order valence-electron chi connectivity index (χ2n) is 3.11. The summed E-state index contributed by atoms with van der Waals surface area (Å²) in [7, 11) is 0. The molecular formula is C9H12N2. The van der Waals surface area contributed by atoms with E-state index in [-0.39, 0.29) is 5.41 Å². The van der Waals surface area contributed by atoms with Gasteiger partial charge >= 0.3 is 0 Å². The molecule has 0 unspecified atom stereocenters. The van der Waals surface area contributed by atoms with E-state index >= 15 is 0 Å². The lowest BCUT2D eigenvalue weighted by atomic mass is 9.88. The molecule has 0 aliphatic heterocycles. The van der Waals surface area contributed by atoms with Crippen molar-refractivity contribution in [3.63, 3.8) is 0 Å². The molecule has 58 valence electrons. The maximum atomic E-state index is 8.32. The molecule has 0 N–H and O–H groups in total. The summed E-state index contributed by atoms with van der Waals surface area (Å²) in [5.74, 6) is 0. The first-order valence-corrected chi connectivity index (χ1v) is 3.57. The lowest BCUT2D eigenvalue weighted by molar-refractivity contribution is 0.445. The summed E-state index contributed by atoms with van der Waals surface area (Å²) >= 11 is 0. The highest BCUT2D eigenvalue weighted by atomic mass is 14.3. The van der Waals surface area contributed by atoms with Crippen LogP contribution >= 0.6 is 0 Å². The molecule has 2 heteroatoms. The number of hydrogen-bond donors (Lipinski definition) is 0. The summed E-state index contributed by atoms with van der Waals surface area (Å²) in [5, 5.41) is 16.6. The van der Waals surface area contributed by atoms with Gasteiger partial charge in [-0.2, -0.15) is 10.5 Å². The van der Waals surface area contributed by atoms with E-state index in [4.69, 9.17) is 10.5 Å². The molecule has 0 aromatic carbocycles. The minimum absolute atomic E-state index is 0.0224. The van der Waals surface area contributed by atoms with Gasteiger partial charge in [0.1, 0.15) is 0 Å². The first-order valence-electron chi connectivity index (χ1n) is 3.57. The number of hydrogen-bond acceptors (Lipinski definition) is 2. The number of nitriles is 2. The van der Waals surface area contributed by atoms with Gasteiger partial charge < -0.3 is 0 Å². The summed E-state index contributed by atoms with van der Waals surface area (Å²) in [6.07, 6.45) is 4.66. The fourth-order valence-electron chi connectivity index (χ4n) is 0.724. The second-order valence-corrected chi connectivity index (χ2v) is 3.11. The Kier molecular flexibility index (Phi) is 4.00.